The van der Waals surface area contributed by atoms with E-state index in [4.69, 9.17) is 16.3 Å². The molecule has 2 N–H and O–H groups in total. The third kappa shape index (κ3) is 6.99. The van der Waals surface area contributed by atoms with E-state index in [2.05, 4.69) is 30.8 Å². The summed E-state index contributed by atoms with van der Waals surface area (Å²) in [5.74, 6) is 0.292. The molecule has 0 unspecified atom stereocenters. The summed E-state index contributed by atoms with van der Waals surface area (Å²) in [7, 11) is -3.99. The van der Waals surface area contributed by atoms with Gasteiger partial charge in [-0.05, 0) is 78.4 Å². The fourth-order valence-electron chi connectivity index (χ4n) is 3.35. The molecule has 6 nitrogen and oxygen atoms in total. The number of amides is 1. The van der Waals surface area contributed by atoms with Crippen molar-refractivity contribution in [1.82, 2.24) is 5.32 Å². The van der Waals surface area contributed by atoms with Gasteiger partial charge in [-0.15, -0.1) is 0 Å². The van der Waals surface area contributed by atoms with E-state index >= 15 is 0 Å². The first kappa shape index (κ1) is 26.6. The first-order valence-electron chi connectivity index (χ1n) is 11.3. The molecule has 1 amide bonds. The van der Waals surface area contributed by atoms with Gasteiger partial charge in [0.2, 0.25) is 0 Å². The second-order valence-electron chi connectivity index (χ2n) is 9.43. The van der Waals surface area contributed by atoms with Gasteiger partial charge < -0.3 is 10.1 Å². The van der Waals surface area contributed by atoms with Gasteiger partial charge in [0.25, 0.3) is 15.9 Å². The molecule has 0 spiro atoms. The predicted octanol–water partition coefficient (Wildman–Crippen LogP) is 5.86. The molecule has 0 aliphatic carbocycles. The summed E-state index contributed by atoms with van der Waals surface area (Å²) in [6.45, 7) is 10.8. The van der Waals surface area contributed by atoms with Gasteiger partial charge in [0.1, 0.15) is 17.3 Å². The molecule has 0 aliphatic heterocycles. The average molecular weight is 515 g/mol. The van der Waals surface area contributed by atoms with E-state index in [9.17, 15) is 13.2 Å². The quantitative estimate of drug-likeness (QED) is 0.368. The van der Waals surface area contributed by atoms with E-state index in [1.807, 2.05) is 44.2 Å². The SMILES string of the molecule is Cc1ccc(NS(=O)(=O)c2cc(C(=O)NCCOc3ccc(C(C)(C)C)cc3)ccc2Cl)cc1C. The third-order valence-electron chi connectivity index (χ3n) is 5.62. The minimum Gasteiger partial charge on any atom is -0.492 e. The Labute approximate surface area is 212 Å². The number of anilines is 1. The topological polar surface area (TPSA) is 84.5 Å². The Morgan fingerprint density at radius 3 is 2.26 bits per heavy atom. The van der Waals surface area contributed by atoms with Crippen molar-refractivity contribution in [1.29, 1.82) is 0 Å². The molecule has 0 atom stereocenters. The number of carbonyl (C=O) groups is 1. The first-order chi connectivity index (χ1) is 16.4. The van der Waals surface area contributed by atoms with Crippen LogP contribution in [0.15, 0.2) is 65.6 Å². The van der Waals surface area contributed by atoms with Gasteiger partial charge in [-0.25, -0.2) is 8.42 Å². The number of hydrogen-bond acceptors (Lipinski definition) is 4. The van der Waals surface area contributed by atoms with Gasteiger partial charge in [-0.3, -0.25) is 9.52 Å². The molecule has 0 saturated heterocycles. The van der Waals surface area contributed by atoms with Crippen LogP contribution >= 0.6 is 11.6 Å². The molecule has 35 heavy (non-hydrogen) atoms. The molecular formula is C27H31ClN2O4S. The number of halogens is 1. The van der Waals surface area contributed by atoms with E-state index in [0.717, 1.165) is 11.1 Å². The molecule has 3 aromatic rings. The van der Waals surface area contributed by atoms with Gasteiger partial charge in [0.15, 0.2) is 0 Å². The normalized spacial score (nSPS) is 11.7. The first-order valence-corrected chi connectivity index (χ1v) is 13.1. The largest absolute Gasteiger partial charge is 0.492 e. The van der Waals surface area contributed by atoms with Gasteiger partial charge in [-0.1, -0.05) is 50.6 Å². The number of sulfonamides is 1. The molecule has 8 heteroatoms. The van der Waals surface area contributed by atoms with Crippen LogP contribution in [0.3, 0.4) is 0 Å². The zero-order valence-corrected chi connectivity index (χ0v) is 22.2. The van der Waals surface area contributed by atoms with Crippen LogP contribution in [0.1, 0.15) is 47.8 Å². The third-order valence-corrected chi connectivity index (χ3v) is 7.48. The minimum atomic E-state index is -3.99. The second kappa shape index (κ2) is 10.7. The van der Waals surface area contributed by atoms with Gasteiger partial charge in [-0.2, -0.15) is 0 Å². The van der Waals surface area contributed by atoms with Crippen molar-refractivity contribution in [3.05, 3.63) is 87.9 Å². The lowest BCUT2D eigenvalue weighted by atomic mass is 9.87. The molecule has 0 bridgehead atoms. The van der Waals surface area contributed by atoms with Crippen molar-refractivity contribution in [3.8, 4) is 5.75 Å². The molecular weight excluding hydrogens is 484 g/mol. The van der Waals surface area contributed by atoms with Gasteiger partial charge >= 0.3 is 0 Å². The summed E-state index contributed by atoms with van der Waals surface area (Å²) in [4.78, 5) is 12.5. The number of aryl methyl sites for hydroxylation is 2. The van der Waals surface area contributed by atoms with Crippen LogP contribution in [-0.2, 0) is 15.4 Å². The lowest BCUT2D eigenvalue weighted by Crippen LogP contribution is -2.28. The lowest BCUT2D eigenvalue weighted by molar-refractivity contribution is 0.0946. The maximum Gasteiger partial charge on any atom is 0.263 e. The van der Waals surface area contributed by atoms with Crippen molar-refractivity contribution in [2.75, 3.05) is 17.9 Å². The second-order valence-corrected chi connectivity index (χ2v) is 11.5. The van der Waals surface area contributed by atoms with Crippen LogP contribution < -0.4 is 14.8 Å². The highest BCUT2D eigenvalue weighted by molar-refractivity contribution is 7.92. The summed E-state index contributed by atoms with van der Waals surface area (Å²) in [6, 6.07) is 17.3. The van der Waals surface area contributed by atoms with E-state index in [1.165, 1.54) is 23.8 Å². The van der Waals surface area contributed by atoms with Crippen LogP contribution in [0, 0.1) is 13.8 Å². The standard InChI is InChI=1S/C27H31ClN2O4S/c1-18-6-10-22(16-19(18)2)30-35(32,33)25-17-20(7-13-24(25)28)26(31)29-14-15-34-23-11-8-21(9-12-23)27(3,4)5/h6-13,16-17,30H,14-15H2,1-5H3,(H,29,31). The summed E-state index contributed by atoms with van der Waals surface area (Å²) in [5, 5.41) is 2.77. The van der Waals surface area contributed by atoms with Gasteiger partial charge in [0.05, 0.1) is 11.6 Å². The Hall–Kier alpha value is -3.03. The van der Waals surface area contributed by atoms with E-state index in [-0.39, 0.29) is 34.0 Å². The number of carbonyl (C=O) groups excluding carboxylic acids is 1. The molecule has 0 radical (unpaired) electrons. The van der Waals surface area contributed by atoms with Gasteiger partial charge in [0, 0.05) is 11.3 Å². The lowest BCUT2D eigenvalue weighted by Gasteiger charge is -2.19. The van der Waals surface area contributed by atoms with Crippen LogP contribution in [0.5, 0.6) is 5.75 Å². The van der Waals surface area contributed by atoms with E-state index in [1.54, 1.807) is 12.1 Å². The molecule has 0 aliphatic rings. The van der Waals surface area contributed by atoms with Crippen molar-refractivity contribution in [2.24, 2.45) is 0 Å². The van der Waals surface area contributed by atoms with E-state index in [0.29, 0.717) is 11.4 Å². The molecule has 0 saturated carbocycles. The molecule has 186 valence electrons. The fraction of sp³-hybridized carbons (Fsp3) is 0.296. The predicted molar refractivity (Wildman–Crippen MR) is 141 cm³/mol. The highest BCUT2D eigenvalue weighted by atomic mass is 35.5. The van der Waals surface area contributed by atoms with E-state index < -0.39 is 15.9 Å². The average Bonchev–Trinajstić information content (AvgIpc) is 2.78. The van der Waals surface area contributed by atoms with Crippen LogP contribution in [0.4, 0.5) is 5.69 Å². The van der Waals surface area contributed by atoms with Crippen molar-refractivity contribution < 1.29 is 17.9 Å². The maximum absolute atomic E-state index is 12.9. The number of benzene rings is 3. The number of ether oxygens (including phenoxy) is 1. The van der Waals surface area contributed by atoms with Crippen LogP contribution in [0.2, 0.25) is 5.02 Å². The summed E-state index contributed by atoms with van der Waals surface area (Å²) in [5.41, 5.74) is 3.88. The molecule has 3 rings (SSSR count). The highest BCUT2D eigenvalue weighted by Gasteiger charge is 2.21. The number of hydrogen-bond donors (Lipinski definition) is 2. The number of nitrogens with one attached hydrogen (secondary N) is 2. The van der Waals surface area contributed by atoms with Crippen LogP contribution in [0.25, 0.3) is 0 Å². The molecule has 0 fully saturated rings. The Balaban J connectivity index is 1.62. The summed E-state index contributed by atoms with van der Waals surface area (Å²) in [6.07, 6.45) is 0. The van der Waals surface area contributed by atoms with Crippen molar-refractivity contribution in [3.63, 3.8) is 0 Å². The zero-order chi connectivity index (χ0) is 25.8. The highest BCUT2D eigenvalue weighted by Crippen LogP contribution is 2.26. The maximum atomic E-state index is 12.9. The van der Waals surface area contributed by atoms with Crippen molar-refractivity contribution in [2.45, 2.75) is 44.9 Å². The monoisotopic (exact) mass is 514 g/mol. The fourth-order valence-corrected chi connectivity index (χ4v) is 4.93. The minimum absolute atomic E-state index is 0.0277. The number of rotatable bonds is 8. The smallest absolute Gasteiger partial charge is 0.263 e. The Bertz CT molecular complexity index is 1310. The summed E-state index contributed by atoms with van der Waals surface area (Å²) >= 11 is 6.17. The Morgan fingerprint density at radius 2 is 1.63 bits per heavy atom. The molecule has 0 aromatic heterocycles. The Kier molecular flexibility index (Phi) is 8.13. The van der Waals surface area contributed by atoms with Crippen LogP contribution in [-0.4, -0.2) is 27.5 Å². The molecule has 0 heterocycles. The Morgan fingerprint density at radius 1 is 0.943 bits per heavy atom. The van der Waals surface area contributed by atoms with Crippen molar-refractivity contribution >= 4 is 33.2 Å². The molecule has 3 aromatic carbocycles. The summed E-state index contributed by atoms with van der Waals surface area (Å²) < 4.78 is 34.1. The zero-order valence-electron chi connectivity index (χ0n) is 20.6.